The molecule has 0 aromatic heterocycles. The van der Waals surface area contributed by atoms with Crippen LogP contribution < -0.4 is 0 Å². The van der Waals surface area contributed by atoms with E-state index in [1.807, 2.05) is 0 Å². The zero-order valence-electron chi connectivity index (χ0n) is 11.8. The second-order valence-corrected chi connectivity index (χ2v) is 6.63. The minimum Gasteiger partial charge on any atom is -0.374 e. The summed E-state index contributed by atoms with van der Waals surface area (Å²) in [4.78, 5) is 5.13. The van der Waals surface area contributed by atoms with Crippen molar-refractivity contribution in [2.24, 2.45) is 5.92 Å². The number of nitrogens with zero attached hydrogens (tertiary/aromatic N) is 2. The number of hydrogen-bond donors (Lipinski definition) is 0. The minimum atomic E-state index is 0.418. The van der Waals surface area contributed by atoms with E-state index in [4.69, 9.17) is 4.74 Å². The summed E-state index contributed by atoms with van der Waals surface area (Å²) >= 11 is 3.60. The summed E-state index contributed by atoms with van der Waals surface area (Å²) in [6.07, 6.45) is 3.10. The van der Waals surface area contributed by atoms with Crippen molar-refractivity contribution in [1.82, 2.24) is 9.80 Å². The fourth-order valence-corrected chi connectivity index (χ4v) is 3.58. The van der Waals surface area contributed by atoms with E-state index in [1.165, 1.54) is 31.3 Å². The fourth-order valence-electron chi connectivity index (χ4n) is 2.93. The van der Waals surface area contributed by atoms with Gasteiger partial charge in [-0.3, -0.25) is 4.90 Å². The Morgan fingerprint density at radius 1 is 1.22 bits per heavy atom. The maximum Gasteiger partial charge on any atom is 0.0829 e. The first-order chi connectivity index (χ1) is 8.69. The van der Waals surface area contributed by atoms with Gasteiger partial charge in [0.05, 0.1) is 12.7 Å². The van der Waals surface area contributed by atoms with Crippen molar-refractivity contribution in [3.63, 3.8) is 0 Å². The SMILES string of the molecule is CC(C)N1CCOC(CN2CCC(CBr)CC2)C1. The average molecular weight is 319 g/mol. The first-order valence-corrected chi connectivity index (χ1v) is 8.45. The Bertz CT molecular complexity index is 242. The molecule has 1 unspecified atom stereocenters. The monoisotopic (exact) mass is 318 g/mol. The molecular formula is C14H27BrN2O. The molecule has 2 fully saturated rings. The number of morpholine rings is 1. The van der Waals surface area contributed by atoms with Crippen molar-refractivity contribution in [1.29, 1.82) is 0 Å². The van der Waals surface area contributed by atoms with Crippen molar-refractivity contribution >= 4 is 15.9 Å². The Morgan fingerprint density at radius 3 is 2.56 bits per heavy atom. The number of ether oxygens (including phenoxy) is 1. The summed E-state index contributed by atoms with van der Waals surface area (Å²) in [6.45, 7) is 11.3. The Kier molecular flexibility index (Phi) is 5.93. The molecule has 2 aliphatic heterocycles. The molecule has 0 bridgehead atoms. The van der Waals surface area contributed by atoms with Gasteiger partial charge in [0.2, 0.25) is 0 Å². The van der Waals surface area contributed by atoms with E-state index in [-0.39, 0.29) is 0 Å². The summed E-state index contributed by atoms with van der Waals surface area (Å²) in [5, 5.41) is 1.17. The third-order valence-corrected chi connectivity index (χ3v) is 5.20. The van der Waals surface area contributed by atoms with E-state index in [1.54, 1.807) is 0 Å². The molecule has 106 valence electrons. The second-order valence-electron chi connectivity index (χ2n) is 5.98. The molecule has 4 heteroatoms. The van der Waals surface area contributed by atoms with Crippen molar-refractivity contribution in [3.05, 3.63) is 0 Å². The highest BCUT2D eigenvalue weighted by Gasteiger charge is 2.26. The van der Waals surface area contributed by atoms with Crippen LogP contribution in [0.1, 0.15) is 26.7 Å². The highest BCUT2D eigenvalue weighted by atomic mass is 79.9. The molecule has 0 amide bonds. The molecule has 1 atom stereocenters. The molecule has 2 heterocycles. The Labute approximate surface area is 120 Å². The zero-order chi connectivity index (χ0) is 13.0. The first-order valence-electron chi connectivity index (χ1n) is 7.33. The van der Waals surface area contributed by atoms with Gasteiger partial charge in [-0.15, -0.1) is 0 Å². The standard InChI is InChI=1S/C14H27BrN2O/c1-12(2)17-7-8-18-14(11-17)10-16-5-3-13(9-15)4-6-16/h12-14H,3-11H2,1-2H3. The summed E-state index contributed by atoms with van der Waals surface area (Å²) in [5.74, 6) is 0.890. The third-order valence-electron chi connectivity index (χ3n) is 4.29. The Hall–Kier alpha value is 0.360. The lowest BCUT2D eigenvalue weighted by molar-refractivity contribution is -0.0548. The molecule has 0 aliphatic carbocycles. The lowest BCUT2D eigenvalue weighted by Crippen LogP contribution is -2.50. The molecule has 0 aromatic carbocycles. The molecule has 3 nitrogen and oxygen atoms in total. The number of alkyl halides is 1. The molecular weight excluding hydrogens is 292 g/mol. The highest BCUT2D eigenvalue weighted by molar-refractivity contribution is 9.09. The lowest BCUT2D eigenvalue weighted by Gasteiger charge is -2.39. The van der Waals surface area contributed by atoms with Crippen LogP contribution in [0.25, 0.3) is 0 Å². The van der Waals surface area contributed by atoms with E-state index in [0.717, 1.165) is 32.2 Å². The van der Waals surface area contributed by atoms with E-state index in [9.17, 15) is 0 Å². The average Bonchev–Trinajstić information content (AvgIpc) is 2.40. The first kappa shape index (κ1) is 14.8. The molecule has 2 rings (SSSR count). The van der Waals surface area contributed by atoms with Gasteiger partial charge in [0.25, 0.3) is 0 Å². The van der Waals surface area contributed by atoms with E-state index >= 15 is 0 Å². The maximum atomic E-state index is 5.92. The number of hydrogen-bond acceptors (Lipinski definition) is 3. The van der Waals surface area contributed by atoms with Crippen LogP contribution in [0.3, 0.4) is 0 Å². The topological polar surface area (TPSA) is 15.7 Å². The van der Waals surface area contributed by atoms with Crippen molar-refractivity contribution in [2.45, 2.75) is 38.8 Å². The van der Waals surface area contributed by atoms with E-state index < -0.39 is 0 Å². The summed E-state index contributed by atoms with van der Waals surface area (Å²) in [6, 6.07) is 0.649. The van der Waals surface area contributed by atoms with Crippen LogP contribution in [0.2, 0.25) is 0 Å². The molecule has 0 aromatic rings. The van der Waals surface area contributed by atoms with Crippen LogP contribution in [0.4, 0.5) is 0 Å². The molecule has 18 heavy (non-hydrogen) atoms. The summed E-state index contributed by atoms with van der Waals surface area (Å²) in [5.41, 5.74) is 0. The molecule has 0 radical (unpaired) electrons. The van der Waals surface area contributed by atoms with E-state index in [0.29, 0.717) is 12.1 Å². The van der Waals surface area contributed by atoms with Gasteiger partial charge in [0, 0.05) is 31.0 Å². The van der Waals surface area contributed by atoms with Crippen LogP contribution in [0, 0.1) is 5.92 Å². The van der Waals surface area contributed by atoms with Gasteiger partial charge >= 0.3 is 0 Å². The zero-order valence-corrected chi connectivity index (χ0v) is 13.4. The minimum absolute atomic E-state index is 0.418. The van der Waals surface area contributed by atoms with Gasteiger partial charge in [0.15, 0.2) is 0 Å². The van der Waals surface area contributed by atoms with Gasteiger partial charge in [-0.2, -0.15) is 0 Å². The molecule has 0 N–H and O–H groups in total. The van der Waals surface area contributed by atoms with Crippen LogP contribution in [-0.4, -0.2) is 66.6 Å². The van der Waals surface area contributed by atoms with Crippen LogP contribution in [-0.2, 0) is 4.74 Å². The predicted molar refractivity (Wildman–Crippen MR) is 79.4 cm³/mol. The number of likely N-dealkylation sites (tertiary alicyclic amines) is 1. The highest BCUT2D eigenvalue weighted by Crippen LogP contribution is 2.20. The third kappa shape index (κ3) is 4.19. The van der Waals surface area contributed by atoms with Crippen LogP contribution in [0.5, 0.6) is 0 Å². The number of halogens is 1. The molecule has 2 saturated heterocycles. The smallest absolute Gasteiger partial charge is 0.0829 e. The fraction of sp³-hybridized carbons (Fsp3) is 1.00. The van der Waals surface area contributed by atoms with Gasteiger partial charge in [0.1, 0.15) is 0 Å². The lowest BCUT2D eigenvalue weighted by atomic mass is 9.99. The van der Waals surface area contributed by atoms with Crippen molar-refractivity contribution in [2.75, 3.05) is 44.7 Å². The van der Waals surface area contributed by atoms with Gasteiger partial charge in [-0.05, 0) is 45.7 Å². The number of piperidine rings is 1. The quantitative estimate of drug-likeness (QED) is 0.739. The molecule has 0 spiro atoms. The predicted octanol–water partition coefficient (Wildman–Crippen LogP) is 2.20. The van der Waals surface area contributed by atoms with Crippen molar-refractivity contribution in [3.8, 4) is 0 Å². The largest absolute Gasteiger partial charge is 0.374 e. The molecule has 2 aliphatic rings. The summed E-state index contributed by atoms with van der Waals surface area (Å²) in [7, 11) is 0. The maximum absolute atomic E-state index is 5.92. The van der Waals surface area contributed by atoms with Gasteiger partial charge in [-0.1, -0.05) is 15.9 Å². The Morgan fingerprint density at radius 2 is 1.94 bits per heavy atom. The Balaban J connectivity index is 1.73. The van der Waals surface area contributed by atoms with Crippen molar-refractivity contribution < 1.29 is 4.74 Å². The van der Waals surface area contributed by atoms with E-state index in [2.05, 4.69) is 39.6 Å². The van der Waals surface area contributed by atoms with Crippen LogP contribution >= 0.6 is 15.9 Å². The normalized spacial score (nSPS) is 29.0. The molecule has 0 saturated carbocycles. The summed E-state index contributed by atoms with van der Waals surface area (Å²) < 4.78 is 5.92. The van der Waals surface area contributed by atoms with Gasteiger partial charge < -0.3 is 9.64 Å². The van der Waals surface area contributed by atoms with Gasteiger partial charge in [-0.25, -0.2) is 0 Å². The van der Waals surface area contributed by atoms with Crippen LogP contribution in [0.15, 0.2) is 0 Å². The second kappa shape index (κ2) is 7.22. The number of rotatable bonds is 4.